The molecule has 2 rings (SSSR count). The van der Waals surface area contributed by atoms with Gasteiger partial charge in [0.2, 0.25) is 0 Å². The zero-order valence-corrected chi connectivity index (χ0v) is 8.20. The van der Waals surface area contributed by atoms with Crippen molar-refractivity contribution in [2.75, 3.05) is 0 Å². The van der Waals surface area contributed by atoms with Gasteiger partial charge in [0.05, 0.1) is 14.6 Å². The summed E-state index contributed by atoms with van der Waals surface area (Å²) in [7, 11) is 0. The van der Waals surface area contributed by atoms with Gasteiger partial charge in [0, 0.05) is 6.20 Å². The maximum Gasteiger partial charge on any atom is 0.261 e. The van der Waals surface area contributed by atoms with Gasteiger partial charge < -0.3 is 4.98 Å². The SMILES string of the molecule is O=c1[nH]c2cccnc2cc1I. The van der Waals surface area contributed by atoms with Crippen molar-refractivity contribution in [2.24, 2.45) is 0 Å². The minimum absolute atomic E-state index is 0.0592. The van der Waals surface area contributed by atoms with Crippen LogP contribution in [0.15, 0.2) is 29.2 Å². The van der Waals surface area contributed by atoms with E-state index in [4.69, 9.17) is 0 Å². The Morgan fingerprint density at radius 2 is 2.33 bits per heavy atom. The Balaban J connectivity index is 2.93. The second-order valence-corrected chi connectivity index (χ2v) is 3.54. The van der Waals surface area contributed by atoms with Gasteiger partial charge in [0.15, 0.2) is 0 Å². The van der Waals surface area contributed by atoms with Crippen LogP contribution in [0, 0.1) is 3.57 Å². The van der Waals surface area contributed by atoms with Crippen molar-refractivity contribution >= 4 is 33.6 Å². The number of halogens is 1. The molecule has 0 unspecified atom stereocenters. The molecule has 0 aliphatic rings. The van der Waals surface area contributed by atoms with Crippen LogP contribution in [-0.4, -0.2) is 9.97 Å². The lowest BCUT2D eigenvalue weighted by molar-refractivity contribution is 1.25. The molecule has 0 amide bonds. The standard InChI is InChI=1S/C8H5IN2O/c9-5-4-7-6(11-8(5)12)2-1-3-10-7/h1-4H,(H,11,12). The first-order valence-corrected chi connectivity index (χ1v) is 4.49. The lowest BCUT2D eigenvalue weighted by Gasteiger charge is -1.95. The number of nitrogens with zero attached hydrogens (tertiary/aromatic N) is 1. The third-order valence-corrected chi connectivity index (χ3v) is 2.37. The van der Waals surface area contributed by atoms with Gasteiger partial charge in [-0.2, -0.15) is 0 Å². The maximum absolute atomic E-state index is 11.1. The van der Waals surface area contributed by atoms with Crippen LogP contribution in [-0.2, 0) is 0 Å². The molecule has 1 N–H and O–H groups in total. The van der Waals surface area contributed by atoms with Gasteiger partial charge in [-0.25, -0.2) is 0 Å². The van der Waals surface area contributed by atoms with Gasteiger partial charge in [0.1, 0.15) is 0 Å². The third kappa shape index (κ3) is 1.22. The summed E-state index contributed by atoms with van der Waals surface area (Å²) >= 11 is 1.99. The summed E-state index contributed by atoms with van der Waals surface area (Å²) in [4.78, 5) is 18.0. The molecule has 2 aromatic heterocycles. The molecule has 2 heterocycles. The van der Waals surface area contributed by atoms with E-state index in [9.17, 15) is 4.79 Å². The predicted octanol–water partition coefficient (Wildman–Crippen LogP) is 1.53. The summed E-state index contributed by atoms with van der Waals surface area (Å²) in [5.41, 5.74) is 1.54. The Bertz CT molecular complexity index is 478. The average molecular weight is 272 g/mol. The zero-order chi connectivity index (χ0) is 8.55. The summed E-state index contributed by atoms with van der Waals surface area (Å²) in [6.45, 7) is 0. The highest BCUT2D eigenvalue weighted by molar-refractivity contribution is 14.1. The van der Waals surface area contributed by atoms with E-state index in [1.165, 1.54) is 0 Å². The summed E-state index contributed by atoms with van der Waals surface area (Å²) in [5.74, 6) is 0. The van der Waals surface area contributed by atoms with E-state index in [2.05, 4.69) is 9.97 Å². The normalized spacial score (nSPS) is 10.4. The molecule has 12 heavy (non-hydrogen) atoms. The summed E-state index contributed by atoms with van der Waals surface area (Å²) < 4.78 is 0.666. The van der Waals surface area contributed by atoms with Gasteiger partial charge >= 0.3 is 0 Å². The monoisotopic (exact) mass is 272 g/mol. The predicted molar refractivity (Wildman–Crippen MR) is 55.1 cm³/mol. The molecule has 0 fully saturated rings. The minimum Gasteiger partial charge on any atom is -0.320 e. The molecule has 0 aliphatic heterocycles. The average Bonchev–Trinajstić information content (AvgIpc) is 2.07. The van der Waals surface area contributed by atoms with Crippen LogP contribution < -0.4 is 5.56 Å². The molecule has 0 bridgehead atoms. The molecule has 0 spiro atoms. The molecular weight excluding hydrogens is 267 g/mol. The van der Waals surface area contributed by atoms with Crippen molar-refractivity contribution in [1.29, 1.82) is 0 Å². The van der Waals surface area contributed by atoms with E-state index in [-0.39, 0.29) is 5.56 Å². The highest BCUT2D eigenvalue weighted by atomic mass is 127. The van der Waals surface area contributed by atoms with E-state index in [1.807, 2.05) is 28.7 Å². The van der Waals surface area contributed by atoms with Crippen LogP contribution in [0.3, 0.4) is 0 Å². The van der Waals surface area contributed by atoms with Crippen molar-refractivity contribution in [1.82, 2.24) is 9.97 Å². The van der Waals surface area contributed by atoms with E-state index in [1.54, 1.807) is 18.3 Å². The van der Waals surface area contributed by atoms with Crippen LogP contribution in [0.5, 0.6) is 0 Å². The second-order valence-electron chi connectivity index (χ2n) is 2.38. The van der Waals surface area contributed by atoms with Crippen LogP contribution in [0.4, 0.5) is 0 Å². The number of hydrogen-bond donors (Lipinski definition) is 1. The fourth-order valence-electron chi connectivity index (χ4n) is 1.01. The molecule has 2 aromatic rings. The molecule has 60 valence electrons. The third-order valence-electron chi connectivity index (χ3n) is 1.57. The van der Waals surface area contributed by atoms with E-state index >= 15 is 0 Å². The molecular formula is C8H5IN2O. The first kappa shape index (κ1) is 7.72. The largest absolute Gasteiger partial charge is 0.320 e. The first-order chi connectivity index (χ1) is 5.77. The highest BCUT2D eigenvalue weighted by Gasteiger charge is 1.98. The Kier molecular flexibility index (Phi) is 1.84. The number of hydrogen-bond acceptors (Lipinski definition) is 2. The van der Waals surface area contributed by atoms with Crippen LogP contribution >= 0.6 is 22.6 Å². The number of nitrogens with one attached hydrogen (secondary N) is 1. The number of aromatic amines is 1. The highest BCUT2D eigenvalue weighted by Crippen LogP contribution is 2.07. The number of fused-ring (bicyclic) bond motifs is 1. The van der Waals surface area contributed by atoms with Crippen molar-refractivity contribution in [3.63, 3.8) is 0 Å². The summed E-state index contributed by atoms with van der Waals surface area (Å²) in [6.07, 6.45) is 1.71. The van der Waals surface area contributed by atoms with Gasteiger partial charge in [-0.3, -0.25) is 9.78 Å². The number of H-pyrrole nitrogens is 1. The molecule has 0 aliphatic carbocycles. The Labute approximate surface area is 82.0 Å². The van der Waals surface area contributed by atoms with Crippen molar-refractivity contribution in [2.45, 2.75) is 0 Å². The molecule has 0 atom stereocenters. The Morgan fingerprint density at radius 3 is 3.17 bits per heavy atom. The fourth-order valence-corrected chi connectivity index (χ4v) is 1.44. The van der Waals surface area contributed by atoms with Gasteiger partial charge in [-0.15, -0.1) is 0 Å². The van der Waals surface area contributed by atoms with E-state index in [0.717, 1.165) is 11.0 Å². The molecule has 0 saturated carbocycles. The molecule has 3 nitrogen and oxygen atoms in total. The lowest BCUT2D eigenvalue weighted by atomic mass is 10.3. The van der Waals surface area contributed by atoms with Crippen molar-refractivity contribution in [3.8, 4) is 0 Å². The number of rotatable bonds is 0. The minimum atomic E-state index is -0.0592. The van der Waals surface area contributed by atoms with Crippen molar-refractivity contribution in [3.05, 3.63) is 38.3 Å². The quantitative estimate of drug-likeness (QED) is 0.739. The molecule has 0 aromatic carbocycles. The second kappa shape index (κ2) is 2.85. The van der Waals surface area contributed by atoms with E-state index < -0.39 is 0 Å². The molecule has 4 heteroatoms. The van der Waals surface area contributed by atoms with Gasteiger partial charge in [0.25, 0.3) is 5.56 Å². The van der Waals surface area contributed by atoms with Crippen LogP contribution in [0.2, 0.25) is 0 Å². The summed E-state index contributed by atoms with van der Waals surface area (Å²) in [5, 5.41) is 0. The smallest absolute Gasteiger partial charge is 0.261 e. The van der Waals surface area contributed by atoms with Crippen LogP contribution in [0.1, 0.15) is 0 Å². The van der Waals surface area contributed by atoms with Gasteiger partial charge in [-0.05, 0) is 40.8 Å². The summed E-state index contributed by atoms with van der Waals surface area (Å²) in [6, 6.07) is 5.40. The Morgan fingerprint density at radius 1 is 1.50 bits per heavy atom. The van der Waals surface area contributed by atoms with Crippen LogP contribution in [0.25, 0.3) is 11.0 Å². The number of aromatic nitrogens is 2. The van der Waals surface area contributed by atoms with Gasteiger partial charge in [-0.1, -0.05) is 0 Å². The fraction of sp³-hybridized carbons (Fsp3) is 0. The first-order valence-electron chi connectivity index (χ1n) is 3.41. The maximum atomic E-state index is 11.1. The number of pyridine rings is 2. The topological polar surface area (TPSA) is 45.8 Å². The van der Waals surface area contributed by atoms with E-state index in [0.29, 0.717) is 3.57 Å². The lowest BCUT2D eigenvalue weighted by Crippen LogP contribution is -2.08. The Hall–Kier alpha value is -0.910. The van der Waals surface area contributed by atoms with Crippen molar-refractivity contribution < 1.29 is 0 Å². The molecule has 0 saturated heterocycles. The molecule has 0 radical (unpaired) electrons. The zero-order valence-electron chi connectivity index (χ0n) is 6.04.